The number of halogens is 1. The molecule has 0 heterocycles. The summed E-state index contributed by atoms with van der Waals surface area (Å²) in [7, 11) is 0. The van der Waals surface area contributed by atoms with Crippen LogP contribution in [0.4, 0.5) is 17.1 Å². The second kappa shape index (κ2) is 5.32. The number of aryl methyl sites for hydroxylation is 1. The number of nitrogens with one attached hydrogen (secondary N) is 1. The molecule has 0 atom stereocenters. The molecule has 0 aromatic heterocycles. The highest BCUT2D eigenvalue weighted by Gasteiger charge is 2.10. The molecule has 0 aliphatic carbocycles. The number of amides is 1. The van der Waals surface area contributed by atoms with E-state index in [0.717, 1.165) is 15.7 Å². The van der Waals surface area contributed by atoms with E-state index in [-0.39, 0.29) is 0 Å². The van der Waals surface area contributed by atoms with E-state index < -0.39 is 5.91 Å². The van der Waals surface area contributed by atoms with Crippen molar-refractivity contribution in [2.45, 2.75) is 6.92 Å². The largest absolute Gasteiger partial charge is 0.399 e. The summed E-state index contributed by atoms with van der Waals surface area (Å²) in [6.07, 6.45) is 0. The van der Waals surface area contributed by atoms with E-state index >= 15 is 0 Å². The summed E-state index contributed by atoms with van der Waals surface area (Å²) < 4.78 is 0.916. The molecular weight excluding hydrogens is 306 g/mol. The van der Waals surface area contributed by atoms with Crippen molar-refractivity contribution in [3.8, 4) is 0 Å². The molecule has 0 saturated carbocycles. The van der Waals surface area contributed by atoms with Crippen molar-refractivity contribution in [2.24, 2.45) is 5.73 Å². The minimum atomic E-state index is -0.516. The Morgan fingerprint density at radius 2 is 1.84 bits per heavy atom. The first kappa shape index (κ1) is 13.4. The first-order valence-electron chi connectivity index (χ1n) is 5.70. The second-order valence-corrected chi connectivity index (χ2v) is 5.13. The van der Waals surface area contributed by atoms with Crippen molar-refractivity contribution in [3.05, 3.63) is 52.0 Å². The van der Waals surface area contributed by atoms with Crippen LogP contribution in [0.15, 0.2) is 40.9 Å². The van der Waals surface area contributed by atoms with Crippen LogP contribution in [0.5, 0.6) is 0 Å². The van der Waals surface area contributed by atoms with E-state index in [2.05, 4.69) is 21.2 Å². The molecule has 0 aliphatic rings. The van der Waals surface area contributed by atoms with E-state index in [4.69, 9.17) is 11.5 Å². The third kappa shape index (κ3) is 3.06. The van der Waals surface area contributed by atoms with Crippen LogP contribution in [0.3, 0.4) is 0 Å². The monoisotopic (exact) mass is 319 g/mol. The maximum Gasteiger partial charge on any atom is 0.250 e. The van der Waals surface area contributed by atoms with Crippen LogP contribution in [-0.4, -0.2) is 5.91 Å². The fraction of sp³-hybridized carbons (Fsp3) is 0.0714. The normalized spacial score (nSPS) is 10.2. The third-order valence-electron chi connectivity index (χ3n) is 2.70. The van der Waals surface area contributed by atoms with Crippen molar-refractivity contribution in [2.75, 3.05) is 11.1 Å². The Morgan fingerprint density at radius 3 is 2.47 bits per heavy atom. The van der Waals surface area contributed by atoms with Gasteiger partial charge in [-0.15, -0.1) is 0 Å². The summed E-state index contributed by atoms with van der Waals surface area (Å²) in [4.78, 5) is 11.4. The van der Waals surface area contributed by atoms with Crippen LogP contribution < -0.4 is 16.8 Å². The predicted molar refractivity (Wildman–Crippen MR) is 81.5 cm³/mol. The highest BCUT2D eigenvalue weighted by Crippen LogP contribution is 2.29. The van der Waals surface area contributed by atoms with Gasteiger partial charge >= 0.3 is 0 Å². The number of hydrogen-bond donors (Lipinski definition) is 3. The van der Waals surface area contributed by atoms with Gasteiger partial charge in [0.25, 0.3) is 5.91 Å². The maximum absolute atomic E-state index is 11.4. The van der Waals surface area contributed by atoms with E-state index in [9.17, 15) is 4.79 Å². The van der Waals surface area contributed by atoms with Gasteiger partial charge < -0.3 is 16.8 Å². The SMILES string of the molecule is Cc1ccc(Nc2ccc(N)cc2C(N)=O)c(Br)c1. The van der Waals surface area contributed by atoms with Gasteiger partial charge in [0.15, 0.2) is 0 Å². The molecule has 4 nitrogen and oxygen atoms in total. The Bertz CT molecular complexity index is 641. The first-order chi connectivity index (χ1) is 8.97. The zero-order chi connectivity index (χ0) is 14.0. The standard InChI is InChI=1S/C14H14BrN3O/c1-8-2-4-13(11(15)6-8)18-12-5-3-9(16)7-10(12)14(17)19/h2-7,18H,16H2,1H3,(H2,17,19). The molecule has 0 bridgehead atoms. The van der Waals surface area contributed by atoms with Crippen molar-refractivity contribution >= 4 is 38.9 Å². The van der Waals surface area contributed by atoms with Crippen LogP contribution in [0.25, 0.3) is 0 Å². The summed E-state index contributed by atoms with van der Waals surface area (Å²) in [6, 6.07) is 10.9. The van der Waals surface area contributed by atoms with Gasteiger partial charge in [-0.05, 0) is 58.7 Å². The average molecular weight is 320 g/mol. The molecule has 19 heavy (non-hydrogen) atoms. The number of nitrogen functional groups attached to an aromatic ring is 1. The highest BCUT2D eigenvalue weighted by atomic mass is 79.9. The van der Waals surface area contributed by atoms with Crippen LogP contribution in [0, 0.1) is 6.92 Å². The number of benzene rings is 2. The molecule has 98 valence electrons. The van der Waals surface area contributed by atoms with Gasteiger partial charge in [-0.3, -0.25) is 4.79 Å². The Morgan fingerprint density at radius 1 is 1.16 bits per heavy atom. The summed E-state index contributed by atoms with van der Waals surface area (Å²) in [6.45, 7) is 2.01. The molecule has 5 heteroatoms. The van der Waals surface area contributed by atoms with Crippen molar-refractivity contribution in [3.63, 3.8) is 0 Å². The van der Waals surface area contributed by atoms with Gasteiger partial charge in [0.1, 0.15) is 0 Å². The minimum absolute atomic E-state index is 0.368. The number of nitrogens with two attached hydrogens (primary N) is 2. The Kier molecular flexibility index (Phi) is 3.76. The average Bonchev–Trinajstić information content (AvgIpc) is 2.34. The number of carbonyl (C=O) groups is 1. The van der Waals surface area contributed by atoms with Crippen molar-refractivity contribution in [1.29, 1.82) is 0 Å². The molecule has 2 aromatic carbocycles. The van der Waals surface area contributed by atoms with E-state index in [1.54, 1.807) is 18.2 Å². The zero-order valence-electron chi connectivity index (χ0n) is 10.4. The van der Waals surface area contributed by atoms with Crippen LogP contribution in [0.1, 0.15) is 15.9 Å². The van der Waals surface area contributed by atoms with Crippen molar-refractivity contribution in [1.82, 2.24) is 0 Å². The Hall–Kier alpha value is -2.01. The second-order valence-electron chi connectivity index (χ2n) is 4.28. The third-order valence-corrected chi connectivity index (χ3v) is 3.36. The van der Waals surface area contributed by atoms with Gasteiger partial charge in [0.05, 0.1) is 16.9 Å². The number of primary amides is 1. The number of hydrogen-bond acceptors (Lipinski definition) is 3. The Labute approximate surface area is 119 Å². The molecule has 0 saturated heterocycles. The van der Waals surface area contributed by atoms with Gasteiger partial charge in [-0.1, -0.05) is 6.07 Å². The lowest BCUT2D eigenvalue weighted by atomic mass is 10.1. The molecule has 2 rings (SSSR count). The molecule has 0 aliphatic heterocycles. The summed E-state index contributed by atoms with van der Waals surface area (Å²) in [5.74, 6) is -0.516. The lowest BCUT2D eigenvalue weighted by Crippen LogP contribution is -2.13. The van der Waals surface area contributed by atoms with Gasteiger partial charge in [0, 0.05) is 10.2 Å². The van der Waals surface area contributed by atoms with E-state index in [0.29, 0.717) is 16.9 Å². The lowest BCUT2D eigenvalue weighted by Gasteiger charge is -2.12. The molecular formula is C14H14BrN3O. The molecule has 5 N–H and O–H groups in total. The van der Waals surface area contributed by atoms with Gasteiger partial charge in [-0.25, -0.2) is 0 Å². The smallest absolute Gasteiger partial charge is 0.250 e. The molecule has 0 spiro atoms. The fourth-order valence-corrected chi connectivity index (χ4v) is 2.33. The molecule has 1 amide bonds. The topological polar surface area (TPSA) is 81.1 Å². The van der Waals surface area contributed by atoms with Crippen molar-refractivity contribution < 1.29 is 4.79 Å². The Balaban J connectivity index is 2.40. The van der Waals surface area contributed by atoms with Crippen LogP contribution in [0.2, 0.25) is 0 Å². The maximum atomic E-state index is 11.4. The molecule has 2 aromatic rings. The van der Waals surface area contributed by atoms with Gasteiger partial charge in [-0.2, -0.15) is 0 Å². The van der Waals surface area contributed by atoms with Crippen LogP contribution >= 0.6 is 15.9 Å². The predicted octanol–water partition coefficient (Wildman–Crippen LogP) is 3.18. The minimum Gasteiger partial charge on any atom is -0.399 e. The number of anilines is 3. The highest BCUT2D eigenvalue weighted by molar-refractivity contribution is 9.10. The molecule has 0 fully saturated rings. The summed E-state index contributed by atoms with van der Waals surface area (Å²) in [5, 5.41) is 3.17. The lowest BCUT2D eigenvalue weighted by molar-refractivity contribution is 0.100. The van der Waals surface area contributed by atoms with E-state index in [1.807, 2.05) is 25.1 Å². The molecule has 0 radical (unpaired) electrons. The van der Waals surface area contributed by atoms with Gasteiger partial charge in [0.2, 0.25) is 0 Å². The number of carbonyl (C=O) groups excluding carboxylic acids is 1. The fourth-order valence-electron chi connectivity index (χ4n) is 1.74. The quantitative estimate of drug-likeness (QED) is 0.760. The zero-order valence-corrected chi connectivity index (χ0v) is 12.0. The summed E-state index contributed by atoms with van der Waals surface area (Å²) >= 11 is 3.48. The van der Waals surface area contributed by atoms with E-state index in [1.165, 1.54) is 0 Å². The summed E-state index contributed by atoms with van der Waals surface area (Å²) in [5.41, 5.74) is 14.5. The molecule has 0 unspecified atom stereocenters. The number of rotatable bonds is 3. The first-order valence-corrected chi connectivity index (χ1v) is 6.49. The van der Waals surface area contributed by atoms with Crippen LogP contribution in [-0.2, 0) is 0 Å².